The van der Waals surface area contributed by atoms with E-state index in [1.165, 1.54) is 12.1 Å². The molecule has 9 nitrogen and oxygen atoms in total. The Morgan fingerprint density at radius 1 is 1.11 bits per heavy atom. The minimum absolute atomic E-state index is 0.0532. The van der Waals surface area contributed by atoms with Crippen molar-refractivity contribution in [1.82, 2.24) is 15.0 Å². The fraction of sp³-hybridized carbons (Fsp3) is 0.520. The highest BCUT2D eigenvalue weighted by Gasteiger charge is 2.48. The van der Waals surface area contributed by atoms with E-state index in [4.69, 9.17) is 35.3 Å². The van der Waals surface area contributed by atoms with E-state index in [0.717, 1.165) is 0 Å². The van der Waals surface area contributed by atoms with Gasteiger partial charge in [0.05, 0.1) is 49.3 Å². The number of benzene rings is 1. The summed E-state index contributed by atoms with van der Waals surface area (Å²) >= 11 is 6.41. The van der Waals surface area contributed by atoms with Gasteiger partial charge < -0.3 is 33.8 Å². The molecule has 2 N–H and O–H groups in total. The zero-order valence-electron chi connectivity index (χ0n) is 20.0. The number of fused-ring (bicyclic) bond motifs is 2. The molecule has 6 rings (SSSR count). The number of pyridine rings is 1. The zero-order chi connectivity index (χ0) is 25.7. The number of aromatic amines is 1. The maximum atomic E-state index is 14.7. The Balaban J connectivity index is 1.12. The maximum Gasteiger partial charge on any atom is 0.296 e. The number of H-pyrrole nitrogens is 1. The van der Waals surface area contributed by atoms with E-state index in [1.54, 1.807) is 6.07 Å². The van der Waals surface area contributed by atoms with Gasteiger partial charge in [0, 0.05) is 23.1 Å². The van der Waals surface area contributed by atoms with E-state index >= 15 is 0 Å². The number of aliphatic hydroxyl groups excluding tert-OH is 1. The molecule has 2 aromatic heterocycles. The Morgan fingerprint density at radius 2 is 1.86 bits per heavy atom. The van der Waals surface area contributed by atoms with Gasteiger partial charge in [-0.25, -0.2) is 13.8 Å². The van der Waals surface area contributed by atoms with Gasteiger partial charge in [-0.15, -0.1) is 0 Å². The van der Waals surface area contributed by atoms with Crippen LogP contribution >= 0.6 is 11.6 Å². The van der Waals surface area contributed by atoms with Crippen LogP contribution in [0.15, 0.2) is 18.2 Å². The molecule has 3 aliphatic heterocycles. The first-order chi connectivity index (χ1) is 17.8. The second-order valence-electron chi connectivity index (χ2n) is 10.1. The van der Waals surface area contributed by atoms with Crippen molar-refractivity contribution in [1.29, 1.82) is 0 Å². The lowest BCUT2D eigenvalue weighted by molar-refractivity contribution is -0.120. The zero-order valence-corrected chi connectivity index (χ0v) is 20.8. The largest absolute Gasteiger partial charge is 0.493 e. The Morgan fingerprint density at radius 3 is 2.59 bits per heavy atom. The van der Waals surface area contributed by atoms with E-state index in [9.17, 15) is 13.9 Å². The third-order valence-electron chi connectivity index (χ3n) is 6.94. The SMILES string of the molecule is CC1(COc2cc(F)c(CCc3nc4nc(O[C@@H]5CO[C@H]6[C@@H]5OC[C@H]6O)[nH]c4cc3Cl)c(F)c2)COC1. The lowest BCUT2D eigenvalue weighted by Crippen LogP contribution is -2.44. The average Bonchev–Trinajstić information content (AvgIpc) is 3.52. The number of rotatable bonds is 8. The number of aryl methyl sites for hydroxylation is 1. The molecule has 0 bridgehead atoms. The van der Waals surface area contributed by atoms with E-state index in [0.29, 0.717) is 41.7 Å². The number of aliphatic hydroxyl groups is 1. The van der Waals surface area contributed by atoms with Crippen LogP contribution in [0.4, 0.5) is 8.78 Å². The summed E-state index contributed by atoms with van der Waals surface area (Å²) in [6, 6.07) is 4.25. The number of aromatic nitrogens is 3. The molecule has 12 heteroatoms. The second kappa shape index (κ2) is 9.63. The second-order valence-corrected chi connectivity index (χ2v) is 10.5. The molecular weight excluding hydrogens is 512 g/mol. The molecule has 37 heavy (non-hydrogen) atoms. The minimum atomic E-state index is -0.686. The van der Waals surface area contributed by atoms with Gasteiger partial charge in [-0.3, -0.25) is 0 Å². The molecule has 0 aliphatic carbocycles. The molecule has 3 fully saturated rings. The molecule has 5 heterocycles. The molecule has 0 spiro atoms. The van der Waals surface area contributed by atoms with E-state index in [2.05, 4.69) is 15.0 Å². The van der Waals surface area contributed by atoms with Gasteiger partial charge in [0.1, 0.15) is 35.7 Å². The lowest BCUT2D eigenvalue weighted by Gasteiger charge is -2.37. The monoisotopic (exact) mass is 537 g/mol. The van der Waals surface area contributed by atoms with Crippen molar-refractivity contribution in [3.05, 3.63) is 46.1 Å². The van der Waals surface area contributed by atoms with Crippen LogP contribution in [0.2, 0.25) is 5.02 Å². The Bertz CT molecular complexity index is 1300. The maximum absolute atomic E-state index is 14.7. The summed E-state index contributed by atoms with van der Waals surface area (Å²) in [5.74, 6) is -1.23. The van der Waals surface area contributed by atoms with Crippen molar-refractivity contribution < 1.29 is 37.6 Å². The summed E-state index contributed by atoms with van der Waals surface area (Å²) in [6.45, 7) is 3.90. The molecule has 3 aromatic rings. The predicted molar refractivity (Wildman–Crippen MR) is 127 cm³/mol. The molecule has 0 unspecified atom stereocenters. The highest BCUT2D eigenvalue weighted by atomic mass is 35.5. The quantitative estimate of drug-likeness (QED) is 0.451. The van der Waals surface area contributed by atoms with Crippen molar-refractivity contribution in [2.75, 3.05) is 33.0 Å². The topological polar surface area (TPSA) is 108 Å². The molecule has 198 valence electrons. The van der Waals surface area contributed by atoms with Crippen molar-refractivity contribution in [2.24, 2.45) is 5.41 Å². The number of nitrogens with zero attached hydrogens (tertiary/aromatic N) is 2. The van der Waals surface area contributed by atoms with Gasteiger partial charge in [0.25, 0.3) is 6.01 Å². The van der Waals surface area contributed by atoms with Gasteiger partial charge in [-0.05, 0) is 18.9 Å². The normalized spacial score (nSPS) is 26.3. The molecule has 4 atom stereocenters. The van der Waals surface area contributed by atoms with Gasteiger partial charge in [0.2, 0.25) is 0 Å². The van der Waals surface area contributed by atoms with Crippen LogP contribution in [0.25, 0.3) is 11.2 Å². The summed E-state index contributed by atoms with van der Waals surface area (Å²) in [6.07, 6.45) is -1.66. The Hall–Kier alpha value is -2.57. The fourth-order valence-electron chi connectivity index (χ4n) is 4.79. The highest BCUT2D eigenvalue weighted by Crippen LogP contribution is 2.31. The van der Waals surface area contributed by atoms with Crippen molar-refractivity contribution in [3.8, 4) is 11.8 Å². The van der Waals surface area contributed by atoms with Gasteiger partial charge >= 0.3 is 0 Å². The Labute approximate surface area is 216 Å². The number of hydrogen-bond donors (Lipinski definition) is 2. The molecule has 3 aliphatic rings. The van der Waals surface area contributed by atoms with Gasteiger partial charge in [0.15, 0.2) is 11.8 Å². The number of nitrogens with one attached hydrogen (secondary N) is 1. The highest BCUT2D eigenvalue weighted by molar-refractivity contribution is 6.31. The molecule has 3 saturated heterocycles. The first-order valence-corrected chi connectivity index (χ1v) is 12.5. The van der Waals surface area contributed by atoms with Crippen LogP contribution in [0.5, 0.6) is 11.8 Å². The number of halogens is 3. The molecule has 0 amide bonds. The van der Waals surface area contributed by atoms with E-state index in [-0.39, 0.29) is 54.9 Å². The molecule has 1 aromatic carbocycles. The number of imidazole rings is 1. The standard InChI is InChI=1S/C25H26ClF2N3O6/c1-25(9-33-10-25)11-36-12-4-15(27)13(16(28)5-12)2-3-17-14(26)6-18-23(29-17)31-24(30-18)37-20-8-35-21-19(32)7-34-22(20)21/h4-6,19-22,32H,2-3,7-11H2,1H3,(H,29,30,31)/t19-,20-,21-,22-/m1/s1. The molecule has 0 saturated carbocycles. The average molecular weight is 538 g/mol. The van der Waals surface area contributed by atoms with E-state index in [1.807, 2.05) is 6.92 Å². The predicted octanol–water partition coefficient (Wildman–Crippen LogP) is 3.00. The van der Waals surface area contributed by atoms with Crippen molar-refractivity contribution in [2.45, 2.75) is 44.2 Å². The summed E-state index contributed by atoms with van der Waals surface area (Å²) in [5.41, 5.74) is 1.16. The van der Waals surface area contributed by atoms with Gasteiger partial charge in [-0.1, -0.05) is 18.5 Å². The van der Waals surface area contributed by atoms with Gasteiger partial charge in [-0.2, -0.15) is 4.98 Å². The Kier molecular flexibility index (Phi) is 6.44. The smallest absolute Gasteiger partial charge is 0.296 e. The number of hydrogen-bond acceptors (Lipinski definition) is 8. The van der Waals surface area contributed by atoms with Crippen molar-refractivity contribution in [3.63, 3.8) is 0 Å². The number of ether oxygens (including phenoxy) is 5. The van der Waals surface area contributed by atoms with E-state index < -0.39 is 29.9 Å². The first-order valence-electron chi connectivity index (χ1n) is 12.1. The van der Waals surface area contributed by atoms with Crippen molar-refractivity contribution >= 4 is 22.8 Å². The van der Waals surface area contributed by atoms with Crippen LogP contribution in [-0.4, -0.2) is 77.5 Å². The summed E-state index contributed by atoms with van der Waals surface area (Å²) < 4.78 is 57.3. The first kappa shape index (κ1) is 24.7. The van der Waals surface area contributed by atoms with Crippen LogP contribution in [-0.2, 0) is 27.1 Å². The summed E-state index contributed by atoms with van der Waals surface area (Å²) in [7, 11) is 0. The minimum Gasteiger partial charge on any atom is -0.493 e. The lowest BCUT2D eigenvalue weighted by atomic mass is 9.90. The third kappa shape index (κ3) is 4.86. The van der Waals surface area contributed by atoms with Crippen LogP contribution in [0, 0.1) is 17.0 Å². The fourth-order valence-corrected chi connectivity index (χ4v) is 5.03. The third-order valence-corrected chi connectivity index (χ3v) is 7.26. The summed E-state index contributed by atoms with van der Waals surface area (Å²) in [5, 5.41) is 10.2. The van der Waals surface area contributed by atoms with Crippen LogP contribution in [0.3, 0.4) is 0 Å². The summed E-state index contributed by atoms with van der Waals surface area (Å²) in [4.78, 5) is 11.9. The molecule has 0 radical (unpaired) electrons. The van der Waals surface area contributed by atoms with Crippen LogP contribution in [0.1, 0.15) is 18.2 Å². The molecular formula is C25H26ClF2N3O6. The van der Waals surface area contributed by atoms with Crippen LogP contribution < -0.4 is 9.47 Å².